The van der Waals surface area contributed by atoms with Gasteiger partial charge in [-0.25, -0.2) is 4.39 Å². The van der Waals surface area contributed by atoms with Gasteiger partial charge in [-0.1, -0.05) is 32.0 Å². The summed E-state index contributed by atoms with van der Waals surface area (Å²) in [6.07, 6.45) is 2.85. The molecule has 112 valence electrons. The van der Waals surface area contributed by atoms with Gasteiger partial charge >= 0.3 is 0 Å². The molecule has 2 N–H and O–H groups in total. The third-order valence-electron chi connectivity index (χ3n) is 3.53. The average molecular weight is 288 g/mol. The van der Waals surface area contributed by atoms with Crippen LogP contribution in [-0.2, 0) is 6.54 Å². The summed E-state index contributed by atoms with van der Waals surface area (Å²) in [5, 5.41) is 13.9. The summed E-state index contributed by atoms with van der Waals surface area (Å²) in [5.74, 6) is -0.0582. The topological polar surface area (TPSA) is 45.2 Å². The Balaban J connectivity index is 2.06. The number of hydrogen-bond donors (Lipinski definition) is 2. The van der Waals surface area contributed by atoms with E-state index in [2.05, 4.69) is 10.3 Å². The molecule has 0 radical (unpaired) electrons. The molecule has 2 unspecified atom stereocenters. The number of hydrogen-bond acceptors (Lipinski definition) is 3. The highest BCUT2D eigenvalue weighted by Crippen LogP contribution is 2.22. The van der Waals surface area contributed by atoms with E-state index in [1.54, 1.807) is 24.5 Å². The molecule has 1 aromatic heterocycles. The largest absolute Gasteiger partial charge is 0.387 e. The molecule has 0 amide bonds. The highest BCUT2D eigenvalue weighted by Gasteiger charge is 2.23. The van der Waals surface area contributed by atoms with Crippen molar-refractivity contribution in [2.45, 2.75) is 32.5 Å². The lowest BCUT2D eigenvalue weighted by atomic mass is 9.93. The normalized spacial score (nSPS) is 14.1. The van der Waals surface area contributed by atoms with Crippen LogP contribution in [0.4, 0.5) is 4.39 Å². The predicted octanol–water partition coefficient (Wildman–Crippen LogP) is 3.07. The molecule has 4 heteroatoms. The zero-order valence-corrected chi connectivity index (χ0v) is 12.3. The number of nitrogens with one attached hydrogen (secondary N) is 1. The fraction of sp³-hybridized carbons (Fsp3) is 0.353. The van der Waals surface area contributed by atoms with E-state index in [1.807, 2.05) is 26.0 Å². The van der Waals surface area contributed by atoms with Crippen molar-refractivity contribution >= 4 is 0 Å². The van der Waals surface area contributed by atoms with E-state index in [0.29, 0.717) is 12.1 Å². The number of benzene rings is 1. The number of aliphatic hydroxyl groups is 1. The number of nitrogens with zero attached hydrogens (tertiary/aromatic N) is 1. The van der Waals surface area contributed by atoms with Gasteiger partial charge in [-0.2, -0.15) is 0 Å². The molecule has 0 bridgehead atoms. The van der Waals surface area contributed by atoms with E-state index in [9.17, 15) is 9.50 Å². The van der Waals surface area contributed by atoms with Crippen LogP contribution in [0, 0.1) is 11.7 Å². The Labute approximate surface area is 124 Å². The highest BCUT2D eigenvalue weighted by atomic mass is 19.1. The Bertz CT molecular complexity index is 542. The lowest BCUT2D eigenvalue weighted by molar-refractivity contribution is 0.104. The van der Waals surface area contributed by atoms with Gasteiger partial charge in [0.15, 0.2) is 0 Å². The Morgan fingerprint density at radius 1 is 1.19 bits per heavy atom. The number of aromatic nitrogens is 1. The van der Waals surface area contributed by atoms with Crippen LogP contribution in [0.2, 0.25) is 0 Å². The molecule has 0 aliphatic carbocycles. The van der Waals surface area contributed by atoms with Crippen molar-refractivity contribution in [3.8, 4) is 0 Å². The van der Waals surface area contributed by atoms with Gasteiger partial charge in [0, 0.05) is 25.0 Å². The first kappa shape index (κ1) is 15.6. The Morgan fingerprint density at radius 2 is 1.90 bits per heavy atom. The molecule has 2 aromatic rings. The lowest BCUT2D eigenvalue weighted by Gasteiger charge is -2.28. The molecule has 2 atom stereocenters. The third-order valence-corrected chi connectivity index (χ3v) is 3.53. The summed E-state index contributed by atoms with van der Waals surface area (Å²) in [7, 11) is 0. The summed E-state index contributed by atoms with van der Waals surface area (Å²) >= 11 is 0. The van der Waals surface area contributed by atoms with E-state index >= 15 is 0 Å². The Kier molecular flexibility index (Phi) is 5.42. The molecule has 0 aliphatic heterocycles. The summed E-state index contributed by atoms with van der Waals surface area (Å²) in [5.41, 5.74) is 1.78. The number of aliphatic hydroxyl groups excluding tert-OH is 1. The highest BCUT2D eigenvalue weighted by molar-refractivity contribution is 5.20. The monoisotopic (exact) mass is 288 g/mol. The molecule has 0 saturated heterocycles. The molecule has 21 heavy (non-hydrogen) atoms. The van der Waals surface area contributed by atoms with Crippen LogP contribution >= 0.6 is 0 Å². The smallest absolute Gasteiger partial charge is 0.123 e. The van der Waals surface area contributed by atoms with Crippen molar-refractivity contribution in [2.24, 2.45) is 5.92 Å². The minimum Gasteiger partial charge on any atom is -0.387 e. The van der Waals surface area contributed by atoms with E-state index in [4.69, 9.17) is 0 Å². The standard InChI is InChI=1S/C17H21FN2O/c1-12(2)16(20-11-13-4-3-9-19-10-13)17(21)14-5-7-15(18)8-6-14/h3-10,12,16-17,20-21H,11H2,1-2H3. The number of halogens is 1. The van der Waals surface area contributed by atoms with Crippen molar-refractivity contribution < 1.29 is 9.50 Å². The summed E-state index contributed by atoms with van der Waals surface area (Å²) in [6, 6.07) is 9.76. The van der Waals surface area contributed by atoms with Crippen molar-refractivity contribution in [2.75, 3.05) is 0 Å². The maximum atomic E-state index is 13.0. The first-order valence-electron chi connectivity index (χ1n) is 7.13. The molecule has 0 aliphatic rings. The second kappa shape index (κ2) is 7.29. The fourth-order valence-corrected chi connectivity index (χ4v) is 2.32. The minimum atomic E-state index is -0.678. The minimum absolute atomic E-state index is 0.115. The van der Waals surface area contributed by atoms with E-state index in [-0.39, 0.29) is 17.8 Å². The van der Waals surface area contributed by atoms with Crippen LogP contribution in [0.5, 0.6) is 0 Å². The van der Waals surface area contributed by atoms with Crippen molar-refractivity contribution in [1.29, 1.82) is 0 Å². The lowest BCUT2D eigenvalue weighted by Crippen LogP contribution is -2.38. The molecule has 3 nitrogen and oxygen atoms in total. The zero-order valence-electron chi connectivity index (χ0n) is 12.3. The van der Waals surface area contributed by atoms with Crippen LogP contribution in [-0.4, -0.2) is 16.1 Å². The van der Waals surface area contributed by atoms with Gasteiger partial charge in [0.25, 0.3) is 0 Å². The van der Waals surface area contributed by atoms with Crippen molar-refractivity contribution in [1.82, 2.24) is 10.3 Å². The molecule has 0 spiro atoms. The summed E-state index contributed by atoms with van der Waals surface area (Å²) in [6.45, 7) is 4.73. The quantitative estimate of drug-likeness (QED) is 0.858. The van der Waals surface area contributed by atoms with Gasteiger partial charge in [-0.15, -0.1) is 0 Å². The van der Waals surface area contributed by atoms with E-state index < -0.39 is 6.10 Å². The fourth-order valence-electron chi connectivity index (χ4n) is 2.32. The number of pyridine rings is 1. The van der Waals surface area contributed by atoms with Gasteiger partial charge in [-0.3, -0.25) is 4.98 Å². The van der Waals surface area contributed by atoms with Gasteiger partial charge in [0.05, 0.1) is 6.10 Å². The average Bonchev–Trinajstić information content (AvgIpc) is 2.48. The van der Waals surface area contributed by atoms with Crippen LogP contribution in [0.1, 0.15) is 31.1 Å². The van der Waals surface area contributed by atoms with Crippen LogP contribution in [0.3, 0.4) is 0 Å². The maximum Gasteiger partial charge on any atom is 0.123 e. The molecule has 0 fully saturated rings. The first-order chi connectivity index (χ1) is 10.1. The second-order valence-electron chi connectivity index (χ2n) is 5.51. The van der Waals surface area contributed by atoms with E-state index in [1.165, 1.54) is 12.1 Å². The molecule has 0 saturated carbocycles. The molecular formula is C17H21FN2O. The Morgan fingerprint density at radius 3 is 2.48 bits per heavy atom. The Hall–Kier alpha value is -1.78. The van der Waals surface area contributed by atoms with Crippen molar-refractivity contribution in [3.63, 3.8) is 0 Å². The summed E-state index contributed by atoms with van der Waals surface area (Å²) < 4.78 is 13.0. The van der Waals surface area contributed by atoms with Crippen LogP contribution in [0.25, 0.3) is 0 Å². The second-order valence-corrected chi connectivity index (χ2v) is 5.51. The first-order valence-corrected chi connectivity index (χ1v) is 7.13. The number of rotatable bonds is 6. The van der Waals surface area contributed by atoms with Gasteiger partial charge in [-0.05, 0) is 35.2 Å². The molecular weight excluding hydrogens is 267 g/mol. The van der Waals surface area contributed by atoms with Crippen LogP contribution in [0.15, 0.2) is 48.8 Å². The zero-order chi connectivity index (χ0) is 15.2. The van der Waals surface area contributed by atoms with Crippen molar-refractivity contribution in [3.05, 3.63) is 65.7 Å². The predicted molar refractivity (Wildman–Crippen MR) is 81.1 cm³/mol. The third kappa shape index (κ3) is 4.34. The summed E-state index contributed by atoms with van der Waals surface area (Å²) in [4.78, 5) is 4.08. The maximum absolute atomic E-state index is 13.0. The SMILES string of the molecule is CC(C)C(NCc1cccnc1)C(O)c1ccc(F)cc1. The molecule has 1 aromatic carbocycles. The van der Waals surface area contributed by atoms with Gasteiger partial charge in [0.1, 0.15) is 5.82 Å². The molecule has 1 heterocycles. The molecule has 2 rings (SSSR count). The van der Waals surface area contributed by atoms with Gasteiger partial charge in [0.2, 0.25) is 0 Å². The van der Waals surface area contributed by atoms with Crippen LogP contribution < -0.4 is 5.32 Å². The van der Waals surface area contributed by atoms with Gasteiger partial charge < -0.3 is 10.4 Å². The van der Waals surface area contributed by atoms with E-state index in [0.717, 1.165) is 5.56 Å².